The Hall–Kier alpha value is -2.57. The van der Waals surface area contributed by atoms with Crippen molar-refractivity contribution >= 4 is 44.7 Å². The summed E-state index contributed by atoms with van der Waals surface area (Å²) in [6, 6.07) is 11.6. The number of hydrogen-bond acceptors (Lipinski definition) is 5. The number of ether oxygens (including phenoxy) is 2. The Balaban J connectivity index is 1.40. The summed E-state index contributed by atoms with van der Waals surface area (Å²) >= 11 is 8.10. The number of thiazole rings is 1. The van der Waals surface area contributed by atoms with Gasteiger partial charge in [0.15, 0.2) is 11.5 Å². The highest BCUT2D eigenvalue weighted by molar-refractivity contribution is 7.18. The molecular weight excluding hydrogens is 420 g/mol. The highest BCUT2D eigenvalue weighted by Crippen LogP contribution is 2.41. The second kappa shape index (κ2) is 8.28. The van der Waals surface area contributed by atoms with Crippen LogP contribution in [0.5, 0.6) is 11.5 Å². The third kappa shape index (κ3) is 3.77. The number of para-hydroxylation sites is 1. The van der Waals surface area contributed by atoms with Gasteiger partial charge in [-0.3, -0.25) is 4.79 Å². The van der Waals surface area contributed by atoms with E-state index in [1.165, 1.54) is 0 Å². The van der Waals surface area contributed by atoms with Crippen LogP contribution in [0.2, 0.25) is 5.02 Å². The summed E-state index contributed by atoms with van der Waals surface area (Å²) in [5.74, 6) is 1.01. The second-order valence-electron chi connectivity index (χ2n) is 7.49. The molecule has 30 heavy (non-hydrogen) atoms. The van der Waals surface area contributed by atoms with Crippen molar-refractivity contribution in [3.8, 4) is 11.5 Å². The number of rotatable bonds is 3. The van der Waals surface area contributed by atoms with Crippen molar-refractivity contribution < 1.29 is 14.3 Å². The summed E-state index contributed by atoms with van der Waals surface area (Å²) in [5.41, 5.74) is 1.53. The number of fused-ring (bicyclic) bond motifs is 2. The molecule has 2 atom stereocenters. The maximum absolute atomic E-state index is 13.3. The molecule has 0 spiro atoms. The number of allylic oxidation sites excluding steroid dienone is 2. The number of amides is 1. The minimum absolute atomic E-state index is 0.0478. The molecule has 1 aliphatic carbocycles. The van der Waals surface area contributed by atoms with Gasteiger partial charge in [0, 0.05) is 24.5 Å². The van der Waals surface area contributed by atoms with E-state index in [0.717, 1.165) is 28.1 Å². The Bertz CT molecular complexity index is 1090. The average molecular weight is 441 g/mol. The van der Waals surface area contributed by atoms with E-state index in [0.29, 0.717) is 41.8 Å². The highest BCUT2D eigenvalue weighted by atomic mass is 35.5. The Morgan fingerprint density at radius 3 is 2.70 bits per heavy atom. The molecule has 7 heteroatoms. The monoisotopic (exact) mass is 440 g/mol. The van der Waals surface area contributed by atoms with Crippen LogP contribution in [-0.4, -0.2) is 24.1 Å². The number of carbonyl (C=O) groups excluding carboxylic acids is 1. The van der Waals surface area contributed by atoms with Gasteiger partial charge < -0.3 is 14.8 Å². The first-order valence-corrected chi connectivity index (χ1v) is 11.3. The lowest BCUT2D eigenvalue weighted by molar-refractivity contribution is -0.120. The van der Waals surface area contributed by atoms with Crippen molar-refractivity contribution in [3.63, 3.8) is 0 Å². The van der Waals surface area contributed by atoms with Crippen LogP contribution in [0.3, 0.4) is 0 Å². The van der Waals surface area contributed by atoms with Crippen molar-refractivity contribution in [2.75, 3.05) is 18.5 Å². The average Bonchev–Trinajstić information content (AvgIpc) is 3.07. The van der Waals surface area contributed by atoms with E-state index in [1.54, 1.807) is 23.5 Å². The van der Waals surface area contributed by atoms with E-state index in [9.17, 15) is 4.79 Å². The summed E-state index contributed by atoms with van der Waals surface area (Å²) in [6.45, 7) is 1.17. The zero-order valence-electron chi connectivity index (χ0n) is 16.3. The molecule has 0 fully saturated rings. The van der Waals surface area contributed by atoms with Gasteiger partial charge in [0.25, 0.3) is 0 Å². The van der Waals surface area contributed by atoms with Gasteiger partial charge in [-0.05, 0) is 25.0 Å². The van der Waals surface area contributed by atoms with Crippen LogP contribution in [0.15, 0.2) is 48.6 Å². The van der Waals surface area contributed by atoms with E-state index < -0.39 is 0 Å². The zero-order valence-corrected chi connectivity index (χ0v) is 17.8. The second-order valence-corrected chi connectivity index (χ2v) is 8.96. The van der Waals surface area contributed by atoms with Gasteiger partial charge >= 0.3 is 0 Å². The molecule has 154 valence electrons. The molecule has 5 rings (SSSR count). The van der Waals surface area contributed by atoms with Crippen molar-refractivity contribution in [1.29, 1.82) is 0 Å². The smallest absolute Gasteiger partial charge is 0.228 e. The van der Waals surface area contributed by atoms with Crippen molar-refractivity contribution in [2.24, 2.45) is 5.92 Å². The van der Waals surface area contributed by atoms with Gasteiger partial charge in [-0.2, -0.15) is 0 Å². The molecule has 2 aromatic carbocycles. The van der Waals surface area contributed by atoms with E-state index in [-0.39, 0.29) is 17.7 Å². The number of nitrogens with one attached hydrogen (secondary N) is 1. The SMILES string of the molecule is O=C(Nc1cc2c(cc1Cl)OCCCO2)C1CC=CCC1c1nc2ccccc2s1. The molecule has 1 amide bonds. The van der Waals surface area contributed by atoms with Crippen molar-refractivity contribution in [2.45, 2.75) is 25.2 Å². The highest BCUT2D eigenvalue weighted by Gasteiger charge is 2.33. The van der Waals surface area contributed by atoms with Gasteiger partial charge in [-0.1, -0.05) is 35.9 Å². The standard InChI is InChI=1S/C23H21ClN2O3S/c24-16-12-19-20(29-11-5-10-28-19)13-18(16)25-22(27)14-6-1-2-7-15(14)23-26-17-8-3-4-9-21(17)30-23/h1-4,8-9,12-15H,5-7,10-11H2,(H,25,27). The molecule has 2 heterocycles. The molecule has 2 unspecified atom stereocenters. The Kier molecular flexibility index (Phi) is 5.35. The molecule has 1 aliphatic heterocycles. The summed E-state index contributed by atoms with van der Waals surface area (Å²) in [6.07, 6.45) is 6.50. The Morgan fingerprint density at radius 1 is 1.10 bits per heavy atom. The Labute approximate surface area is 183 Å². The number of carbonyl (C=O) groups is 1. The lowest BCUT2D eigenvalue weighted by atomic mass is 9.82. The molecule has 1 N–H and O–H groups in total. The van der Waals surface area contributed by atoms with Crippen LogP contribution in [0.25, 0.3) is 10.2 Å². The first-order valence-electron chi connectivity index (χ1n) is 10.1. The number of nitrogens with zero attached hydrogens (tertiary/aromatic N) is 1. The fraction of sp³-hybridized carbons (Fsp3) is 0.304. The lowest BCUT2D eigenvalue weighted by Crippen LogP contribution is -2.29. The number of anilines is 1. The fourth-order valence-corrected chi connectivity index (χ4v) is 5.28. The number of hydrogen-bond donors (Lipinski definition) is 1. The van der Waals surface area contributed by atoms with Crippen molar-refractivity contribution in [1.82, 2.24) is 4.98 Å². The molecule has 5 nitrogen and oxygen atoms in total. The minimum atomic E-state index is -0.206. The fourth-order valence-electron chi connectivity index (χ4n) is 3.93. The molecule has 0 saturated carbocycles. The lowest BCUT2D eigenvalue weighted by Gasteiger charge is -2.26. The molecule has 2 aliphatic rings. The summed E-state index contributed by atoms with van der Waals surface area (Å²) in [5, 5.41) is 4.47. The summed E-state index contributed by atoms with van der Waals surface area (Å²) in [4.78, 5) is 18.1. The topological polar surface area (TPSA) is 60.5 Å². The minimum Gasteiger partial charge on any atom is -0.490 e. The number of halogens is 1. The van der Waals surface area contributed by atoms with Gasteiger partial charge in [0.05, 0.1) is 45.1 Å². The molecular formula is C23H21ClN2O3S. The Morgan fingerprint density at radius 2 is 1.87 bits per heavy atom. The van der Waals surface area contributed by atoms with Crippen LogP contribution in [0, 0.1) is 5.92 Å². The van der Waals surface area contributed by atoms with Crippen LogP contribution >= 0.6 is 22.9 Å². The van der Waals surface area contributed by atoms with Gasteiger partial charge in [-0.15, -0.1) is 11.3 Å². The summed E-state index contributed by atoms with van der Waals surface area (Å²) < 4.78 is 12.6. The van der Waals surface area contributed by atoms with Gasteiger partial charge in [0.1, 0.15) is 0 Å². The first-order chi connectivity index (χ1) is 14.7. The third-order valence-corrected chi connectivity index (χ3v) is 6.97. The predicted octanol–water partition coefficient (Wildman–Crippen LogP) is 5.80. The van der Waals surface area contributed by atoms with Crippen molar-refractivity contribution in [3.05, 3.63) is 58.6 Å². The largest absolute Gasteiger partial charge is 0.490 e. The molecule has 1 aromatic heterocycles. The number of aromatic nitrogens is 1. The van der Waals surface area contributed by atoms with E-state index in [2.05, 4.69) is 23.5 Å². The predicted molar refractivity (Wildman–Crippen MR) is 120 cm³/mol. The van der Waals surface area contributed by atoms with Crippen LogP contribution < -0.4 is 14.8 Å². The normalized spacial score (nSPS) is 20.7. The van der Waals surface area contributed by atoms with Gasteiger partial charge in [0.2, 0.25) is 5.91 Å². The maximum Gasteiger partial charge on any atom is 0.228 e. The van der Waals surface area contributed by atoms with E-state index >= 15 is 0 Å². The number of benzene rings is 2. The van der Waals surface area contributed by atoms with E-state index in [4.69, 9.17) is 26.1 Å². The van der Waals surface area contributed by atoms with E-state index in [1.807, 2.05) is 18.2 Å². The molecule has 0 radical (unpaired) electrons. The maximum atomic E-state index is 13.3. The van der Waals surface area contributed by atoms with Gasteiger partial charge in [-0.25, -0.2) is 4.98 Å². The van der Waals surface area contributed by atoms with Crippen LogP contribution in [0.1, 0.15) is 30.2 Å². The third-order valence-electron chi connectivity index (χ3n) is 5.49. The van der Waals surface area contributed by atoms with Crippen LogP contribution in [0.4, 0.5) is 5.69 Å². The van der Waals surface area contributed by atoms with Crippen LogP contribution in [-0.2, 0) is 4.79 Å². The molecule has 0 bridgehead atoms. The molecule has 3 aromatic rings. The first kappa shape index (κ1) is 19.4. The molecule has 0 saturated heterocycles. The quantitative estimate of drug-likeness (QED) is 0.523. The zero-order chi connectivity index (χ0) is 20.5. The summed E-state index contributed by atoms with van der Waals surface area (Å²) in [7, 11) is 0.